The second kappa shape index (κ2) is 5.32. The largest absolute Gasteiger partial charge is 0.368 e. The summed E-state index contributed by atoms with van der Waals surface area (Å²) in [5.41, 5.74) is 6.33. The Morgan fingerprint density at radius 3 is 2.83 bits per heavy atom. The lowest BCUT2D eigenvalue weighted by molar-refractivity contribution is -0.118. The van der Waals surface area contributed by atoms with Crippen LogP contribution in [0.2, 0.25) is 0 Å². The fourth-order valence-corrected chi connectivity index (χ4v) is 1.99. The van der Waals surface area contributed by atoms with Crippen LogP contribution >= 0.6 is 0 Å². The van der Waals surface area contributed by atoms with Crippen molar-refractivity contribution in [1.29, 1.82) is 5.26 Å². The van der Waals surface area contributed by atoms with Crippen LogP contribution in [0.5, 0.6) is 0 Å². The molecule has 0 saturated carbocycles. The summed E-state index contributed by atoms with van der Waals surface area (Å²) >= 11 is 0. The van der Waals surface area contributed by atoms with Gasteiger partial charge in [0.25, 0.3) is 0 Å². The Bertz CT molecular complexity index is 503. The molecule has 0 aromatic heterocycles. The number of hydrogen-bond acceptors (Lipinski definition) is 4. The second-order valence-electron chi connectivity index (χ2n) is 4.11. The Balaban J connectivity index is 2.13. The molecule has 18 heavy (non-hydrogen) atoms. The zero-order valence-electron chi connectivity index (χ0n) is 9.91. The van der Waals surface area contributed by atoms with Gasteiger partial charge in [0.2, 0.25) is 5.91 Å². The number of amides is 1. The van der Waals surface area contributed by atoms with Gasteiger partial charge in [0.1, 0.15) is 5.84 Å². The monoisotopic (exact) mass is 242 g/mol. The van der Waals surface area contributed by atoms with Crippen LogP contribution in [0.3, 0.4) is 0 Å². The van der Waals surface area contributed by atoms with Crippen molar-refractivity contribution in [1.82, 2.24) is 4.90 Å². The topological polar surface area (TPSA) is 82.5 Å². The summed E-state index contributed by atoms with van der Waals surface area (Å²) in [5.74, 6) is -1.10. The van der Waals surface area contributed by atoms with E-state index in [1.165, 1.54) is 0 Å². The molecule has 0 radical (unpaired) electrons. The maximum absolute atomic E-state index is 11.2. The van der Waals surface area contributed by atoms with Crippen LogP contribution in [0.25, 0.3) is 0 Å². The average Bonchev–Trinajstić information content (AvgIpc) is 2.79. The number of nitriles is 1. The fraction of sp³-hybridized carbons (Fsp3) is 0.308. The Morgan fingerprint density at radius 2 is 2.22 bits per heavy atom. The molecule has 2 N–H and O–H groups in total. The third kappa shape index (κ3) is 2.48. The van der Waals surface area contributed by atoms with Crippen LogP contribution in [0, 0.1) is 17.2 Å². The minimum absolute atomic E-state index is 0.494. The van der Waals surface area contributed by atoms with Gasteiger partial charge >= 0.3 is 0 Å². The molecule has 1 aliphatic rings. The number of carbonyl (C=O) groups is 1. The highest BCUT2D eigenvalue weighted by Crippen LogP contribution is 2.14. The second-order valence-corrected chi connectivity index (χ2v) is 4.11. The van der Waals surface area contributed by atoms with Crippen molar-refractivity contribution in [2.75, 3.05) is 13.1 Å². The molecule has 0 fully saturated rings. The summed E-state index contributed by atoms with van der Waals surface area (Å²) in [4.78, 5) is 17.4. The summed E-state index contributed by atoms with van der Waals surface area (Å²) in [6, 6.07) is 11.8. The van der Waals surface area contributed by atoms with E-state index in [4.69, 9.17) is 11.0 Å². The summed E-state index contributed by atoms with van der Waals surface area (Å²) < 4.78 is 0. The van der Waals surface area contributed by atoms with E-state index in [9.17, 15) is 4.79 Å². The lowest BCUT2D eigenvalue weighted by Crippen LogP contribution is -2.38. The quantitative estimate of drug-likeness (QED) is 0.835. The minimum Gasteiger partial charge on any atom is -0.368 e. The molecule has 0 spiro atoms. The number of benzene rings is 1. The third-order valence-corrected chi connectivity index (χ3v) is 2.86. The standard InChI is InChI=1S/C13H14N4O/c14-8-11(12(15)18)13-16-6-7-17(13)9-10-4-2-1-3-5-10/h1-5,11H,6-7,9H2,(H2,15,18). The Hall–Kier alpha value is -2.35. The predicted octanol–water partition coefficient (Wildman–Crippen LogP) is 0.526. The molecular formula is C13H14N4O. The predicted molar refractivity (Wildman–Crippen MR) is 67.5 cm³/mol. The molecule has 1 amide bonds. The van der Waals surface area contributed by atoms with E-state index < -0.39 is 11.8 Å². The summed E-state index contributed by atoms with van der Waals surface area (Å²) in [5, 5.41) is 8.98. The molecule has 1 aliphatic heterocycles. The first-order valence-corrected chi connectivity index (χ1v) is 5.74. The Kier molecular flexibility index (Phi) is 3.58. The van der Waals surface area contributed by atoms with Gasteiger partial charge < -0.3 is 10.6 Å². The molecule has 1 aromatic rings. The summed E-state index contributed by atoms with van der Waals surface area (Å²) in [6.07, 6.45) is 0. The number of hydrogen-bond donors (Lipinski definition) is 1. The van der Waals surface area contributed by atoms with E-state index in [2.05, 4.69) is 4.99 Å². The van der Waals surface area contributed by atoms with E-state index >= 15 is 0 Å². The zero-order valence-corrected chi connectivity index (χ0v) is 9.91. The number of nitrogens with two attached hydrogens (primary N) is 1. The highest BCUT2D eigenvalue weighted by Gasteiger charge is 2.29. The van der Waals surface area contributed by atoms with Crippen LogP contribution in [-0.2, 0) is 11.3 Å². The minimum atomic E-state index is -0.948. The highest BCUT2D eigenvalue weighted by atomic mass is 16.1. The first kappa shape index (κ1) is 12.1. The molecule has 0 bridgehead atoms. The maximum Gasteiger partial charge on any atom is 0.242 e. The van der Waals surface area contributed by atoms with Crippen molar-refractivity contribution in [3.8, 4) is 6.07 Å². The van der Waals surface area contributed by atoms with Crippen molar-refractivity contribution < 1.29 is 4.79 Å². The van der Waals surface area contributed by atoms with Gasteiger partial charge in [0.05, 0.1) is 12.6 Å². The number of rotatable bonds is 4. The maximum atomic E-state index is 11.2. The van der Waals surface area contributed by atoms with Crippen molar-refractivity contribution in [3.63, 3.8) is 0 Å². The smallest absolute Gasteiger partial charge is 0.242 e. The number of primary amides is 1. The normalized spacial score (nSPS) is 15.9. The molecule has 1 atom stereocenters. The molecular weight excluding hydrogens is 228 g/mol. The van der Waals surface area contributed by atoms with E-state index in [0.717, 1.165) is 12.1 Å². The van der Waals surface area contributed by atoms with Gasteiger partial charge in [-0.3, -0.25) is 9.79 Å². The molecule has 1 aromatic carbocycles. The van der Waals surface area contributed by atoms with Gasteiger partial charge in [-0.25, -0.2) is 0 Å². The lowest BCUT2D eigenvalue weighted by Gasteiger charge is -2.21. The zero-order chi connectivity index (χ0) is 13.0. The number of amidine groups is 1. The molecule has 0 saturated heterocycles. The highest BCUT2D eigenvalue weighted by molar-refractivity contribution is 6.05. The van der Waals surface area contributed by atoms with Crippen LogP contribution < -0.4 is 5.73 Å². The summed E-state index contributed by atoms with van der Waals surface area (Å²) in [7, 11) is 0. The van der Waals surface area contributed by atoms with Crippen molar-refractivity contribution in [2.45, 2.75) is 6.54 Å². The molecule has 5 heteroatoms. The van der Waals surface area contributed by atoms with Crippen molar-refractivity contribution >= 4 is 11.7 Å². The molecule has 5 nitrogen and oxygen atoms in total. The number of aliphatic imine (C=N–C) groups is 1. The molecule has 0 aliphatic carbocycles. The van der Waals surface area contributed by atoms with Crippen LogP contribution in [0.15, 0.2) is 35.3 Å². The van der Waals surface area contributed by atoms with E-state index in [1.54, 1.807) is 0 Å². The Morgan fingerprint density at radius 1 is 1.50 bits per heavy atom. The van der Waals surface area contributed by atoms with E-state index in [0.29, 0.717) is 18.9 Å². The number of nitrogens with zero attached hydrogens (tertiary/aromatic N) is 3. The van der Waals surface area contributed by atoms with Gasteiger partial charge in [0.15, 0.2) is 5.92 Å². The summed E-state index contributed by atoms with van der Waals surface area (Å²) in [6.45, 7) is 1.97. The third-order valence-electron chi connectivity index (χ3n) is 2.86. The Labute approximate surface area is 106 Å². The van der Waals surface area contributed by atoms with Crippen LogP contribution in [0.4, 0.5) is 0 Å². The molecule has 92 valence electrons. The molecule has 2 rings (SSSR count). The van der Waals surface area contributed by atoms with Gasteiger partial charge in [-0.05, 0) is 5.56 Å². The SMILES string of the molecule is N#CC(C(N)=O)C1=NCCN1Cc1ccccc1. The van der Waals surface area contributed by atoms with E-state index in [-0.39, 0.29) is 0 Å². The first-order chi connectivity index (χ1) is 8.72. The van der Waals surface area contributed by atoms with Crippen LogP contribution in [-0.4, -0.2) is 29.7 Å². The lowest BCUT2D eigenvalue weighted by atomic mass is 10.1. The van der Waals surface area contributed by atoms with Crippen LogP contribution in [0.1, 0.15) is 5.56 Å². The first-order valence-electron chi connectivity index (χ1n) is 5.74. The fourth-order valence-electron chi connectivity index (χ4n) is 1.99. The number of carbonyl (C=O) groups excluding carboxylic acids is 1. The average molecular weight is 242 g/mol. The molecule has 1 heterocycles. The van der Waals surface area contributed by atoms with E-state index in [1.807, 2.05) is 41.3 Å². The van der Waals surface area contributed by atoms with Gasteiger partial charge in [0, 0.05) is 13.1 Å². The van der Waals surface area contributed by atoms with Gasteiger partial charge in [-0.1, -0.05) is 30.3 Å². The van der Waals surface area contributed by atoms with Gasteiger partial charge in [-0.15, -0.1) is 0 Å². The molecule has 1 unspecified atom stereocenters. The van der Waals surface area contributed by atoms with Gasteiger partial charge in [-0.2, -0.15) is 5.26 Å². The van der Waals surface area contributed by atoms with Crippen molar-refractivity contribution in [3.05, 3.63) is 35.9 Å². The van der Waals surface area contributed by atoms with Crippen molar-refractivity contribution in [2.24, 2.45) is 16.6 Å².